The predicted molar refractivity (Wildman–Crippen MR) is 114 cm³/mol. The molecule has 2 aliphatic rings. The summed E-state index contributed by atoms with van der Waals surface area (Å²) in [5, 5.41) is 4.35. The van der Waals surface area contributed by atoms with Crippen molar-refractivity contribution in [2.45, 2.75) is 32.0 Å². The minimum Gasteiger partial charge on any atom is -0.379 e. The molecule has 0 aliphatic carbocycles. The minimum absolute atomic E-state index is 0.0569. The molecule has 28 heavy (non-hydrogen) atoms. The Balaban J connectivity index is 1.59. The molecule has 4 rings (SSSR count). The van der Waals surface area contributed by atoms with Crippen LogP contribution in [0.25, 0.3) is 0 Å². The SMILES string of the molecule is CC(C)n1ccc([C@@H]2[C@H](c3ccccn3)NC(=S)N2CCN2CCOCC2)c1. The zero-order valence-corrected chi connectivity index (χ0v) is 17.4. The van der Waals surface area contributed by atoms with Crippen molar-refractivity contribution in [2.24, 2.45) is 0 Å². The van der Waals surface area contributed by atoms with Gasteiger partial charge in [-0.3, -0.25) is 9.88 Å². The lowest BCUT2D eigenvalue weighted by Crippen LogP contribution is -2.42. The molecule has 7 heteroatoms. The zero-order valence-electron chi connectivity index (χ0n) is 16.6. The molecule has 0 spiro atoms. The van der Waals surface area contributed by atoms with E-state index in [0.717, 1.165) is 50.2 Å². The minimum atomic E-state index is 0.0569. The van der Waals surface area contributed by atoms with Gasteiger partial charge in [0, 0.05) is 50.8 Å². The van der Waals surface area contributed by atoms with Gasteiger partial charge in [0.05, 0.1) is 31.0 Å². The van der Waals surface area contributed by atoms with Gasteiger partial charge in [0.25, 0.3) is 0 Å². The Morgan fingerprint density at radius 2 is 2.04 bits per heavy atom. The Labute approximate surface area is 172 Å². The molecule has 1 N–H and O–H groups in total. The standard InChI is InChI=1S/C21H29N5OS/c1-16(2)25-8-6-17(15-25)20-19(18-5-3-4-7-22-18)23-21(28)26(20)10-9-24-11-13-27-14-12-24/h3-8,15-16,19-20H,9-14H2,1-2H3,(H,23,28)/t19-,20+/m0/s1. The normalized spacial score (nSPS) is 23.4. The number of thiocarbonyl (C=S) groups is 1. The van der Waals surface area contributed by atoms with Crippen LogP contribution in [0.15, 0.2) is 42.9 Å². The van der Waals surface area contributed by atoms with Crippen LogP contribution >= 0.6 is 12.2 Å². The summed E-state index contributed by atoms with van der Waals surface area (Å²) in [6.07, 6.45) is 6.27. The predicted octanol–water partition coefficient (Wildman–Crippen LogP) is 2.77. The second kappa shape index (κ2) is 8.59. The van der Waals surface area contributed by atoms with Crippen molar-refractivity contribution in [3.05, 3.63) is 54.1 Å². The molecule has 0 amide bonds. The van der Waals surface area contributed by atoms with E-state index in [-0.39, 0.29) is 12.1 Å². The van der Waals surface area contributed by atoms with Crippen molar-refractivity contribution in [1.82, 2.24) is 24.7 Å². The van der Waals surface area contributed by atoms with Gasteiger partial charge in [0.2, 0.25) is 0 Å². The third kappa shape index (κ3) is 4.06. The summed E-state index contributed by atoms with van der Waals surface area (Å²) in [5.41, 5.74) is 2.31. The number of pyridine rings is 1. The Kier molecular flexibility index (Phi) is 5.94. The number of rotatable bonds is 6. The Bertz CT molecular complexity index is 787. The Hall–Kier alpha value is -1.96. The van der Waals surface area contributed by atoms with E-state index in [9.17, 15) is 0 Å². The van der Waals surface area contributed by atoms with Crippen molar-refractivity contribution >= 4 is 17.3 Å². The molecule has 2 saturated heterocycles. The lowest BCUT2D eigenvalue weighted by Gasteiger charge is -2.32. The second-order valence-corrected chi connectivity index (χ2v) is 8.15. The van der Waals surface area contributed by atoms with Crippen molar-refractivity contribution in [1.29, 1.82) is 0 Å². The van der Waals surface area contributed by atoms with Gasteiger partial charge in [0.15, 0.2) is 5.11 Å². The summed E-state index contributed by atoms with van der Waals surface area (Å²) in [6.45, 7) is 9.91. The first kappa shape index (κ1) is 19.4. The summed E-state index contributed by atoms with van der Waals surface area (Å²) in [6, 6.07) is 8.93. The number of hydrogen-bond donors (Lipinski definition) is 1. The van der Waals surface area contributed by atoms with Crippen LogP contribution in [-0.4, -0.2) is 63.9 Å². The van der Waals surface area contributed by atoms with Gasteiger partial charge in [0.1, 0.15) is 0 Å². The van der Waals surface area contributed by atoms with E-state index < -0.39 is 0 Å². The molecule has 2 fully saturated rings. The third-order valence-corrected chi connectivity index (χ3v) is 5.99. The van der Waals surface area contributed by atoms with Crippen LogP contribution < -0.4 is 5.32 Å². The summed E-state index contributed by atoms with van der Waals surface area (Å²) >= 11 is 5.76. The van der Waals surface area contributed by atoms with Gasteiger partial charge in [-0.15, -0.1) is 0 Å². The van der Waals surface area contributed by atoms with Gasteiger partial charge < -0.3 is 19.5 Å². The zero-order chi connectivity index (χ0) is 19.5. The van der Waals surface area contributed by atoms with Crippen molar-refractivity contribution in [3.8, 4) is 0 Å². The van der Waals surface area contributed by atoms with Gasteiger partial charge in [-0.25, -0.2) is 0 Å². The first-order chi connectivity index (χ1) is 13.6. The summed E-state index contributed by atoms with van der Waals surface area (Å²) in [4.78, 5) is 9.41. The van der Waals surface area contributed by atoms with Crippen LogP contribution in [0.1, 0.15) is 43.2 Å². The summed E-state index contributed by atoms with van der Waals surface area (Å²) < 4.78 is 7.73. The summed E-state index contributed by atoms with van der Waals surface area (Å²) in [5.74, 6) is 0. The largest absolute Gasteiger partial charge is 0.379 e. The van der Waals surface area contributed by atoms with Crippen molar-refractivity contribution < 1.29 is 4.74 Å². The third-order valence-electron chi connectivity index (χ3n) is 5.63. The van der Waals surface area contributed by atoms with Gasteiger partial charge in [-0.1, -0.05) is 6.07 Å². The molecule has 2 atom stereocenters. The quantitative estimate of drug-likeness (QED) is 0.754. The summed E-state index contributed by atoms with van der Waals surface area (Å²) in [7, 11) is 0. The average molecular weight is 400 g/mol. The van der Waals surface area contributed by atoms with Gasteiger partial charge in [-0.05, 0) is 49.8 Å². The van der Waals surface area contributed by atoms with Crippen LogP contribution in [0.5, 0.6) is 0 Å². The Morgan fingerprint density at radius 3 is 2.71 bits per heavy atom. The lowest BCUT2D eigenvalue weighted by molar-refractivity contribution is 0.0350. The van der Waals surface area contributed by atoms with E-state index >= 15 is 0 Å². The molecule has 0 radical (unpaired) electrons. The first-order valence-electron chi connectivity index (χ1n) is 10.1. The number of hydrogen-bond acceptors (Lipinski definition) is 4. The highest BCUT2D eigenvalue weighted by Crippen LogP contribution is 2.38. The topological polar surface area (TPSA) is 45.6 Å². The fraction of sp³-hybridized carbons (Fsp3) is 0.524. The van der Waals surface area contributed by atoms with Crippen LogP contribution in [0.4, 0.5) is 0 Å². The van der Waals surface area contributed by atoms with E-state index in [1.807, 2.05) is 18.3 Å². The van der Waals surface area contributed by atoms with E-state index in [2.05, 4.69) is 63.0 Å². The molecule has 2 aliphatic heterocycles. The van der Waals surface area contributed by atoms with E-state index in [4.69, 9.17) is 17.0 Å². The smallest absolute Gasteiger partial charge is 0.170 e. The van der Waals surface area contributed by atoms with E-state index in [0.29, 0.717) is 6.04 Å². The number of nitrogens with one attached hydrogen (secondary N) is 1. The van der Waals surface area contributed by atoms with Crippen LogP contribution in [0.3, 0.4) is 0 Å². The molecule has 4 heterocycles. The molecule has 2 aromatic rings. The number of aromatic nitrogens is 2. The molecule has 2 aromatic heterocycles. The van der Waals surface area contributed by atoms with Crippen LogP contribution in [0.2, 0.25) is 0 Å². The lowest BCUT2D eigenvalue weighted by atomic mass is 9.99. The number of nitrogens with zero attached hydrogens (tertiary/aromatic N) is 4. The fourth-order valence-electron chi connectivity index (χ4n) is 4.01. The molecule has 0 aromatic carbocycles. The van der Waals surface area contributed by atoms with Crippen molar-refractivity contribution in [2.75, 3.05) is 39.4 Å². The van der Waals surface area contributed by atoms with Crippen LogP contribution in [0, 0.1) is 0 Å². The molecule has 150 valence electrons. The molecular weight excluding hydrogens is 370 g/mol. The van der Waals surface area contributed by atoms with Crippen molar-refractivity contribution in [3.63, 3.8) is 0 Å². The average Bonchev–Trinajstić information content (AvgIpc) is 3.32. The number of morpholine rings is 1. The monoisotopic (exact) mass is 399 g/mol. The van der Waals surface area contributed by atoms with Gasteiger partial charge >= 0.3 is 0 Å². The maximum absolute atomic E-state index is 5.76. The van der Waals surface area contributed by atoms with Crippen LogP contribution in [-0.2, 0) is 4.74 Å². The molecular formula is C21H29N5OS. The van der Waals surface area contributed by atoms with E-state index in [1.54, 1.807) is 0 Å². The fourth-order valence-corrected chi connectivity index (χ4v) is 4.34. The highest BCUT2D eigenvalue weighted by molar-refractivity contribution is 7.80. The maximum atomic E-state index is 5.76. The number of ether oxygens (including phenoxy) is 1. The maximum Gasteiger partial charge on any atom is 0.170 e. The molecule has 0 bridgehead atoms. The Morgan fingerprint density at radius 1 is 1.21 bits per heavy atom. The second-order valence-electron chi connectivity index (χ2n) is 7.76. The molecule has 6 nitrogen and oxygen atoms in total. The van der Waals surface area contributed by atoms with E-state index in [1.165, 1.54) is 5.56 Å². The molecule has 0 unspecified atom stereocenters. The first-order valence-corrected chi connectivity index (χ1v) is 10.5. The van der Waals surface area contributed by atoms with Gasteiger partial charge in [-0.2, -0.15) is 0 Å². The highest BCUT2D eigenvalue weighted by Gasteiger charge is 2.40. The highest BCUT2D eigenvalue weighted by atomic mass is 32.1. The molecule has 0 saturated carbocycles.